The summed E-state index contributed by atoms with van der Waals surface area (Å²) in [6, 6.07) is 4.60. The molecule has 0 saturated heterocycles. The first-order valence-electron chi connectivity index (χ1n) is 13.6. The van der Waals surface area contributed by atoms with Crippen LogP contribution >= 0.6 is 0 Å². The Morgan fingerprint density at radius 3 is 2.28 bits per heavy atom. The van der Waals surface area contributed by atoms with Crippen LogP contribution in [-0.4, -0.2) is 56.3 Å². The summed E-state index contributed by atoms with van der Waals surface area (Å²) in [5, 5.41) is 11.0. The van der Waals surface area contributed by atoms with Crippen LogP contribution in [-0.2, 0) is 21.4 Å². The highest BCUT2D eigenvalue weighted by atomic mass is 16.5. The molecule has 1 N–H and O–H groups in total. The second kappa shape index (κ2) is 18.3. The number of nitrogens with zero attached hydrogens (tertiary/aromatic N) is 1. The lowest BCUT2D eigenvalue weighted by Gasteiger charge is -2.37. The maximum Gasteiger partial charge on any atom is 0.161 e. The van der Waals surface area contributed by atoms with Crippen molar-refractivity contribution in [3.63, 3.8) is 0 Å². The third-order valence-corrected chi connectivity index (χ3v) is 7.50. The van der Waals surface area contributed by atoms with Crippen LogP contribution in [0.4, 0.5) is 0 Å². The lowest BCUT2D eigenvalue weighted by atomic mass is 9.74. The predicted octanol–water partition coefficient (Wildman–Crippen LogP) is 6.64. The molecular weight excluding hydrogens is 450 g/mol. The fourth-order valence-electron chi connectivity index (χ4n) is 4.82. The van der Waals surface area contributed by atoms with Crippen LogP contribution in [0.25, 0.3) is 0 Å². The molecule has 0 radical (unpaired) electrons. The highest BCUT2D eigenvalue weighted by Crippen LogP contribution is 2.44. The topological polar surface area (TPSA) is 59.0 Å². The molecule has 2 rings (SSSR count). The zero-order chi connectivity index (χ0) is 27.7. The van der Waals surface area contributed by atoms with E-state index in [0.717, 1.165) is 50.2 Å². The van der Waals surface area contributed by atoms with Crippen molar-refractivity contribution in [3.05, 3.63) is 23.3 Å². The van der Waals surface area contributed by atoms with Gasteiger partial charge in [0.15, 0.2) is 11.5 Å². The van der Waals surface area contributed by atoms with E-state index in [0.29, 0.717) is 23.5 Å². The summed E-state index contributed by atoms with van der Waals surface area (Å²) in [7, 11) is 3.43. The van der Waals surface area contributed by atoms with Gasteiger partial charge in [-0.05, 0) is 94.2 Å². The molecule has 5 heteroatoms. The van der Waals surface area contributed by atoms with Gasteiger partial charge < -0.3 is 24.3 Å². The monoisotopic (exact) mass is 503 g/mol. The minimum absolute atomic E-state index is 0.0746. The standard InChI is InChI=1S/C27H47NO3.C2H4O.C2H2/c1-8-23-14-15-24(31-7)26(29)25(23)27(5,9-2)16-17-28(18-22-12-13-22)21(4)11-10-20(3)19-30-6;1-2-3;1-2/h14-15,20-22,29H,8-13,16-19H2,1-7H3;2H,1H3;1-2H/t20-,21?,27?;;/m0../s1. The first-order valence-corrected chi connectivity index (χ1v) is 13.6. The molecule has 0 spiro atoms. The van der Waals surface area contributed by atoms with Crippen LogP contribution in [0.15, 0.2) is 12.1 Å². The molecule has 3 atom stereocenters. The Labute approximate surface area is 222 Å². The Morgan fingerprint density at radius 1 is 1.19 bits per heavy atom. The number of methoxy groups -OCH3 is 2. The molecular formula is C31H53NO4. The van der Waals surface area contributed by atoms with Crippen molar-refractivity contribution in [1.29, 1.82) is 0 Å². The predicted molar refractivity (Wildman–Crippen MR) is 152 cm³/mol. The minimum atomic E-state index is -0.0746. The number of aryl methyl sites for hydroxylation is 1. The number of hydrogen-bond acceptors (Lipinski definition) is 5. The number of terminal acetylenes is 1. The molecule has 0 heterocycles. The zero-order valence-electron chi connectivity index (χ0n) is 24.3. The molecule has 1 aliphatic rings. The van der Waals surface area contributed by atoms with Crippen molar-refractivity contribution >= 4 is 6.29 Å². The van der Waals surface area contributed by atoms with Gasteiger partial charge in [-0.15, -0.1) is 12.8 Å². The first-order chi connectivity index (χ1) is 17.2. The average molecular weight is 504 g/mol. The van der Waals surface area contributed by atoms with Gasteiger partial charge in [-0.2, -0.15) is 0 Å². The van der Waals surface area contributed by atoms with E-state index in [1.807, 2.05) is 6.07 Å². The van der Waals surface area contributed by atoms with Gasteiger partial charge in [-0.25, -0.2) is 0 Å². The Balaban J connectivity index is 0.00000227. The van der Waals surface area contributed by atoms with Crippen molar-refractivity contribution < 1.29 is 19.4 Å². The molecule has 1 aliphatic carbocycles. The number of aldehydes is 1. The van der Waals surface area contributed by atoms with E-state index in [1.165, 1.54) is 44.7 Å². The van der Waals surface area contributed by atoms with Gasteiger partial charge in [0, 0.05) is 31.9 Å². The Kier molecular flexibility index (Phi) is 17.2. The summed E-state index contributed by atoms with van der Waals surface area (Å²) < 4.78 is 10.8. The zero-order valence-corrected chi connectivity index (χ0v) is 24.3. The largest absolute Gasteiger partial charge is 0.504 e. The van der Waals surface area contributed by atoms with Crippen molar-refractivity contribution in [2.24, 2.45) is 11.8 Å². The first kappa shape index (κ1) is 34.0. The molecule has 0 amide bonds. The molecule has 1 aromatic rings. The average Bonchev–Trinajstić information content (AvgIpc) is 3.70. The SMILES string of the molecule is C#C.CC=O.CCc1ccc(OC)c(O)c1C(C)(CC)CCN(CC1CC1)C(C)CC[C@H](C)COC. The molecule has 206 valence electrons. The van der Waals surface area contributed by atoms with Crippen LogP contribution in [0.1, 0.15) is 91.2 Å². The van der Waals surface area contributed by atoms with Gasteiger partial charge in [0.25, 0.3) is 0 Å². The number of ether oxygens (including phenoxy) is 2. The van der Waals surface area contributed by atoms with E-state index < -0.39 is 0 Å². The summed E-state index contributed by atoms with van der Waals surface area (Å²) in [4.78, 5) is 11.5. The van der Waals surface area contributed by atoms with Gasteiger partial charge in [0.05, 0.1) is 7.11 Å². The van der Waals surface area contributed by atoms with E-state index in [-0.39, 0.29) is 5.41 Å². The van der Waals surface area contributed by atoms with Gasteiger partial charge in [-0.1, -0.05) is 33.8 Å². The lowest BCUT2D eigenvalue weighted by Crippen LogP contribution is -2.39. The van der Waals surface area contributed by atoms with Gasteiger partial charge >= 0.3 is 0 Å². The maximum absolute atomic E-state index is 11.0. The summed E-state index contributed by atoms with van der Waals surface area (Å²) in [5.41, 5.74) is 2.25. The van der Waals surface area contributed by atoms with E-state index in [4.69, 9.17) is 14.3 Å². The third kappa shape index (κ3) is 10.9. The quantitative estimate of drug-likeness (QED) is 0.215. The van der Waals surface area contributed by atoms with Crippen LogP contribution in [0, 0.1) is 24.7 Å². The molecule has 1 saturated carbocycles. The number of carbonyl (C=O) groups excluding carboxylic acids is 1. The maximum atomic E-state index is 11.0. The van der Waals surface area contributed by atoms with Crippen LogP contribution in [0.5, 0.6) is 11.5 Å². The minimum Gasteiger partial charge on any atom is -0.504 e. The Bertz CT molecular complexity index is 758. The second-order valence-corrected chi connectivity index (χ2v) is 10.3. The smallest absolute Gasteiger partial charge is 0.161 e. The van der Waals surface area contributed by atoms with Crippen molar-refractivity contribution in [3.8, 4) is 24.3 Å². The number of hydrogen-bond donors (Lipinski definition) is 1. The van der Waals surface area contributed by atoms with Gasteiger partial charge in [0.2, 0.25) is 0 Å². The molecule has 1 aromatic carbocycles. The lowest BCUT2D eigenvalue weighted by molar-refractivity contribution is -0.106. The molecule has 36 heavy (non-hydrogen) atoms. The summed E-state index contributed by atoms with van der Waals surface area (Å²) >= 11 is 0. The van der Waals surface area contributed by atoms with Gasteiger partial charge in [-0.3, -0.25) is 0 Å². The summed E-state index contributed by atoms with van der Waals surface area (Å²) in [6.45, 7) is 16.0. The number of phenolic OH excluding ortho intramolecular Hbond substituents is 1. The summed E-state index contributed by atoms with van der Waals surface area (Å²) in [5.74, 6) is 2.41. The van der Waals surface area contributed by atoms with Crippen molar-refractivity contribution in [2.45, 2.75) is 97.9 Å². The number of rotatable bonds is 15. The van der Waals surface area contributed by atoms with E-state index in [9.17, 15) is 5.11 Å². The van der Waals surface area contributed by atoms with E-state index in [1.54, 1.807) is 14.2 Å². The van der Waals surface area contributed by atoms with Crippen LogP contribution in [0.2, 0.25) is 0 Å². The molecule has 0 aromatic heterocycles. The summed E-state index contributed by atoms with van der Waals surface area (Å²) in [6.07, 6.45) is 16.9. The Morgan fingerprint density at radius 2 is 1.81 bits per heavy atom. The second-order valence-electron chi connectivity index (χ2n) is 10.3. The van der Waals surface area contributed by atoms with E-state index in [2.05, 4.69) is 58.4 Å². The molecule has 2 unspecified atom stereocenters. The number of aromatic hydroxyl groups is 1. The van der Waals surface area contributed by atoms with Crippen LogP contribution in [0.3, 0.4) is 0 Å². The van der Waals surface area contributed by atoms with Crippen LogP contribution < -0.4 is 4.74 Å². The molecule has 0 bridgehead atoms. The number of phenols is 1. The molecule has 0 aliphatic heterocycles. The Hall–Kier alpha value is -2.03. The number of carbonyl (C=O) groups is 1. The molecule has 5 nitrogen and oxygen atoms in total. The van der Waals surface area contributed by atoms with E-state index >= 15 is 0 Å². The van der Waals surface area contributed by atoms with Crippen molar-refractivity contribution in [1.82, 2.24) is 4.90 Å². The molecule has 1 fully saturated rings. The van der Waals surface area contributed by atoms with Gasteiger partial charge in [0.1, 0.15) is 6.29 Å². The fourth-order valence-corrected chi connectivity index (χ4v) is 4.82. The number of benzene rings is 1. The highest BCUT2D eigenvalue weighted by Gasteiger charge is 2.33. The van der Waals surface area contributed by atoms with Crippen molar-refractivity contribution in [2.75, 3.05) is 33.9 Å². The highest BCUT2D eigenvalue weighted by molar-refractivity contribution is 5.53. The normalized spacial score (nSPS) is 16.0. The third-order valence-electron chi connectivity index (χ3n) is 7.50. The fraction of sp³-hybridized carbons (Fsp3) is 0.710.